The van der Waals surface area contributed by atoms with E-state index in [2.05, 4.69) is 4.72 Å². The average molecular weight is 292 g/mol. The van der Waals surface area contributed by atoms with Gasteiger partial charge >= 0.3 is 0 Å². The van der Waals surface area contributed by atoms with E-state index in [0.717, 1.165) is 6.42 Å². The fourth-order valence-corrected chi connectivity index (χ4v) is 3.14. The Morgan fingerprint density at radius 2 is 2.11 bits per heavy atom. The average Bonchev–Trinajstić information content (AvgIpc) is 2.36. The van der Waals surface area contributed by atoms with Crippen molar-refractivity contribution in [1.29, 1.82) is 0 Å². The highest BCUT2D eigenvalue weighted by Crippen LogP contribution is 2.22. The van der Waals surface area contributed by atoms with Gasteiger partial charge in [0.15, 0.2) is 0 Å². The second-order valence-electron chi connectivity index (χ2n) is 3.81. The Hall–Kier alpha value is -0.780. The van der Waals surface area contributed by atoms with E-state index in [1.165, 1.54) is 0 Å². The minimum atomic E-state index is -3.46. The van der Waals surface area contributed by atoms with E-state index in [1.807, 2.05) is 6.92 Å². The molecule has 0 unspecified atom stereocenters. The summed E-state index contributed by atoms with van der Waals surface area (Å²) < 4.78 is 31.8. The second kappa shape index (κ2) is 6.97. The summed E-state index contributed by atoms with van der Waals surface area (Å²) in [5.74, 6) is 0.994. The largest absolute Gasteiger partial charge is 0.497 e. The van der Waals surface area contributed by atoms with Gasteiger partial charge in [-0.2, -0.15) is 0 Å². The van der Waals surface area contributed by atoms with Crippen LogP contribution in [0.4, 0.5) is 0 Å². The molecule has 18 heavy (non-hydrogen) atoms. The zero-order valence-electron chi connectivity index (χ0n) is 10.6. The van der Waals surface area contributed by atoms with Crippen LogP contribution in [0.3, 0.4) is 0 Å². The number of aryl methyl sites for hydroxylation is 1. The van der Waals surface area contributed by atoms with Crippen molar-refractivity contribution in [3.63, 3.8) is 0 Å². The third-order valence-electron chi connectivity index (χ3n) is 2.46. The molecular formula is C12H18ClNO3S. The third-order valence-corrected chi connectivity index (χ3v) is 4.21. The Balaban J connectivity index is 3.14. The van der Waals surface area contributed by atoms with Gasteiger partial charge in [-0.05, 0) is 36.6 Å². The van der Waals surface area contributed by atoms with Crippen molar-refractivity contribution in [2.75, 3.05) is 19.5 Å². The first kappa shape index (κ1) is 15.3. The van der Waals surface area contributed by atoms with Crippen molar-refractivity contribution in [3.8, 4) is 5.75 Å². The molecule has 0 fully saturated rings. The van der Waals surface area contributed by atoms with Crippen molar-refractivity contribution in [2.45, 2.75) is 24.7 Å². The first-order valence-electron chi connectivity index (χ1n) is 5.77. The number of hydrogen-bond acceptors (Lipinski definition) is 3. The van der Waals surface area contributed by atoms with Crippen molar-refractivity contribution in [2.24, 2.45) is 0 Å². The van der Waals surface area contributed by atoms with E-state index in [0.29, 0.717) is 30.2 Å². The van der Waals surface area contributed by atoms with Crippen LogP contribution >= 0.6 is 11.6 Å². The van der Waals surface area contributed by atoms with E-state index < -0.39 is 10.0 Å². The summed E-state index contributed by atoms with van der Waals surface area (Å²) in [6, 6.07) is 4.90. The highest BCUT2D eigenvalue weighted by molar-refractivity contribution is 7.89. The Morgan fingerprint density at radius 3 is 2.67 bits per heavy atom. The highest BCUT2D eigenvalue weighted by Gasteiger charge is 2.18. The van der Waals surface area contributed by atoms with Gasteiger partial charge in [-0.3, -0.25) is 0 Å². The predicted octanol–water partition coefficient (Wildman–Crippen LogP) is 2.16. The molecule has 0 aliphatic carbocycles. The van der Waals surface area contributed by atoms with E-state index in [1.54, 1.807) is 25.3 Å². The maximum Gasteiger partial charge on any atom is 0.240 e. The van der Waals surface area contributed by atoms with Crippen LogP contribution in [0.15, 0.2) is 23.1 Å². The number of rotatable bonds is 7. The zero-order valence-corrected chi connectivity index (χ0v) is 12.1. The van der Waals surface area contributed by atoms with Gasteiger partial charge in [-0.15, -0.1) is 11.6 Å². The van der Waals surface area contributed by atoms with E-state index in [4.69, 9.17) is 16.3 Å². The molecule has 0 spiro atoms. The molecule has 0 bridgehead atoms. The van der Waals surface area contributed by atoms with Crippen LogP contribution < -0.4 is 9.46 Å². The Morgan fingerprint density at radius 1 is 1.39 bits per heavy atom. The minimum Gasteiger partial charge on any atom is -0.497 e. The molecule has 1 rings (SSSR count). The molecule has 4 nitrogen and oxygen atoms in total. The molecule has 0 aliphatic heterocycles. The van der Waals surface area contributed by atoms with Crippen molar-refractivity contribution in [1.82, 2.24) is 4.72 Å². The van der Waals surface area contributed by atoms with Gasteiger partial charge in [0.1, 0.15) is 5.75 Å². The van der Waals surface area contributed by atoms with Gasteiger partial charge in [-0.1, -0.05) is 6.92 Å². The number of alkyl halides is 1. The van der Waals surface area contributed by atoms with Crippen molar-refractivity contribution in [3.05, 3.63) is 23.8 Å². The number of hydrogen-bond donors (Lipinski definition) is 1. The fourth-order valence-electron chi connectivity index (χ4n) is 1.56. The lowest BCUT2D eigenvalue weighted by molar-refractivity contribution is 0.414. The van der Waals surface area contributed by atoms with Crippen LogP contribution in [0.5, 0.6) is 5.75 Å². The lowest BCUT2D eigenvalue weighted by Gasteiger charge is -2.12. The number of ether oxygens (including phenoxy) is 1. The summed E-state index contributed by atoms with van der Waals surface area (Å²) in [6.45, 7) is 2.34. The molecule has 0 amide bonds. The molecule has 0 radical (unpaired) electrons. The van der Waals surface area contributed by atoms with Crippen LogP contribution in [0, 0.1) is 0 Å². The van der Waals surface area contributed by atoms with Crippen LogP contribution in [0.25, 0.3) is 0 Å². The predicted molar refractivity (Wildman–Crippen MR) is 72.9 cm³/mol. The summed E-state index contributed by atoms with van der Waals surface area (Å²) in [4.78, 5) is 0.275. The number of sulfonamides is 1. The quantitative estimate of drug-likeness (QED) is 0.783. The summed E-state index contributed by atoms with van der Waals surface area (Å²) in [5, 5.41) is 0. The standard InChI is InChI=1S/C12H18ClNO3S/c1-3-8-14-18(15,16)12-5-4-11(17-2)9-10(12)6-7-13/h4-5,9,14H,3,6-8H2,1-2H3. The molecule has 1 N–H and O–H groups in total. The molecule has 0 saturated heterocycles. The molecule has 102 valence electrons. The molecule has 0 saturated carbocycles. The van der Waals surface area contributed by atoms with E-state index >= 15 is 0 Å². The van der Waals surface area contributed by atoms with Gasteiger partial charge in [0.25, 0.3) is 0 Å². The van der Waals surface area contributed by atoms with Crippen LogP contribution in [0.2, 0.25) is 0 Å². The molecule has 6 heteroatoms. The lowest BCUT2D eigenvalue weighted by atomic mass is 10.1. The zero-order chi connectivity index (χ0) is 13.6. The molecule has 1 aromatic carbocycles. The van der Waals surface area contributed by atoms with Crippen LogP contribution in [0.1, 0.15) is 18.9 Å². The van der Waals surface area contributed by atoms with Crippen molar-refractivity contribution >= 4 is 21.6 Å². The fraction of sp³-hybridized carbons (Fsp3) is 0.500. The maximum absolute atomic E-state index is 12.1. The molecule has 0 atom stereocenters. The van der Waals surface area contributed by atoms with Crippen LogP contribution in [-0.2, 0) is 16.4 Å². The number of methoxy groups -OCH3 is 1. The Labute approximate surface area is 113 Å². The van der Waals surface area contributed by atoms with Crippen molar-refractivity contribution < 1.29 is 13.2 Å². The molecule has 0 heterocycles. The molecular weight excluding hydrogens is 274 g/mol. The lowest BCUT2D eigenvalue weighted by Crippen LogP contribution is -2.25. The second-order valence-corrected chi connectivity index (χ2v) is 5.92. The topological polar surface area (TPSA) is 55.4 Å². The first-order chi connectivity index (χ1) is 8.55. The highest BCUT2D eigenvalue weighted by atomic mass is 35.5. The number of halogens is 1. The summed E-state index contributed by atoms with van der Waals surface area (Å²) in [7, 11) is -1.92. The van der Waals surface area contributed by atoms with Gasteiger partial charge in [-0.25, -0.2) is 13.1 Å². The summed E-state index contributed by atoms with van der Waals surface area (Å²) in [6.07, 6.45) is 1.24. The molecule has 0 aromatic heterocycles. The normalized spacial score (nSPS) is 11.5. The van der Waals surface area contributed by atoms with Gasteiger partial charge in [0.2, 0.25) is 10.0 Å². The third kappa shape index (κ3) is 3.86. The first-order valence-corrected chi connectivity index (χ1v) is 7.79. The van der Waals surface area contributed by atoms with Gasteiger partial charge in [0, 0.05) is 12.4 Å². The van der Waals surface area contributed by atoms with Gasteiger partial charge in [0.05, 0.1) is 12.0 Å². The monoisotopic (exact) mass is 291 g/mol. The summed E-state index contributed by atoms with van der Waals surface area (Å²) in [5.41, 5.74) is 0.674. The Kier molecular flexibility index (Phi) is 5.91. The summed E-state index contributed by atoms with van der Waals surface area (Å²) >= 11 is 5.70. The van der Waals surface area contributed by atoms with Crippen LogP contribution in [-0.4, -0.2) is 28.0 Å². The Bertz CT molecular complexity index is 488. The van der Waals surface area contributed by atoms with E-state index in [9.17, 15) is 8.42 Å². The SMILES string of the molecule is CCCNS(=O)(=O)c1ccc(OC)cc1CCCl. The van der Waals surface area contributed by atoms with E-state index in [-0.39, 0.29) is 4.90 Å². The minimum absolute atomic E-state index is 0.275. The van der Waals surface area contributed by atoms with Gasteiger partial charge < -0.3 is 4.74 Å². The maximum atomic E-state index is 12.1. The molecule has 0 aliphatic rings. The number of benzene rings is 1. The number of nitrogens with one attached hydrogen (secondary N) is 1. The molecule has 1 aromatic rings. The smallest absolute Gasteiger partial charge is 0.240 e.